The molecule has 0 unspecified atom stereocenters. The minimum Gasteiger partial charge on any atom is -0.480 e. The topological polar surface area (TPSA) is 67.7 Å². The number of aromatic nitrogens is 2. The van der Waals surface area contributed by atoms with Gasteiger partial charge in [0.15, 0.2) is 4.96 Å². The highest BCUT2D eigenvalue weighted by molar-refractivity contribution is 7.15. The SMILES string of the molecule is COc1nc2sccn2c1CNCC(=O)NCC(C)C. The van der Waals surface area contributed by atoms with Crippen molar-refractivity contribution in [3.05, 3.63) is 17.3 Å². The Bertz CT molecular complexity index is 576. The predicted octanol–water partition coefficient (Wildman–Crippen LogP) is 1.27. The normalized spacial score (nSPS) is 11.2. The molecule has 0 aliphatic carbocycles. The van der Waals surface area contributed by atoms with Crippen LogP contribution in [0.2, 0.25) is 0 Å². The molecule has 2 heterocycles. The molecule has 0 bridgehead atoms. The number of carbonyl (C=O) groups is 1. The molecule has 2 aromatic rings. The van der Waals surface area contributed by atoms with Gasteiger partial charge >= 0.3 is 0 Å². The van der Waals surface area contributed by atoms with Crippen molar-refractivity contribution in [3.8, 4) is 5.88 Å². The predicted molar refractivity (Wildman–Crippen MR) is 79.2 cm³/mol. The van der Waals surface area contributed by atoms with E-state index in [-0.39, 0.29) is 12.5 Å². The van der Waals surface area contributed by atoms with Gasteiger partial charge in [0.2, 0.25) is 11.8 Å². The molecular formula is C13H20N4O2S. The third-order valence-electron chi connectivity index (χ3n) is 2.80. The van der Waals surface area contributed by atoms with Gasteiger partial charge in [-0.25, -0.2) is 0 Å². The summed E-state index contributed by atoms with van der Waals surface area (Å²) in [7, 11) is 1.60. The molecule has 7 heteroatoms. The van der Waals surface area contributed by atoms with Crippen LogP contribution in [0.5, 0.6) is 5.88 Å². The van der Waals surface area contributed by atoms with E-state index in [4.69, 9.17) is 4.74 Å². The van der Waals surface area contributed by atoms with E-state index in [9.17, 15) is 4.79 Å². The first-order valence-electron chi connectivity index (χ1n) is 6.57. The monoisotopic (exact) mass is 296 g/mol. The molecule has 0 aliphatic rings. The number of rotatable bonds is 7. The molecule has 0 aromatic carbocycles. The second kappa shape index (κ2) is 6.71. The quantitative estimate of drug-likeness (QED) is 0.807. The largest absolute Gasteiger partial charge is 0.480 e. The van der Waals surface area contributed by atoms with Crippen molar-refractivity contribution in [2.24, 2.45) is 5.92 Å². The van der Waals surface area contributed by atoms with Crippen molar-refractivity contribution < 1.29 is 9.53 Å². The van der Waals surface area contributed by atoms with Crippen LogP contribution in [-0.2, 0) is 11.3 Å². The summed E-state index contributed by atoms with van der Waals surface area (Å²) >= 11 is 1.55. The minimum absolute atomic E-state index is 0.00347. The number of thiazole rings is 1. The van der Waals surface area contributed by atoms with Gasteiger partial charge in [-0.15, -0.1) is 11.3 Å². The van der Waals surface area contributed by atoms with Crippen molar-refractivity contribution in [1.29, 1.82) is 0 Å². The maximum atomic E-state index is 11.6. The molecule has 1 amide bonds. The van der Waals surface area contributed by atoms with Crippen LogP contribution in [0.1, 0.15) is 19.5 Å². The van der Waals surface area contributed by atoms with Crippen molar-refractivity contribution in [1.82, 2.24) is 20.0 Å². The summed E-state index contributed by atoms with van der Waals surface area (Å²) in [6.07, 6.45) is 1.95. The van der Waals surface area contributed by atoms with Gasteiger partial charge < -0.3 is 15.4 Å². The first kappa shape index (κ1) is 14.8. The van der Waals surface area contributed by atoms with Crippen LogP contribution in [0.4, 0.5) is 0 Å². The molecule has 0 radical (unpaired) electrons. The Balaban J connectivity index is 1.89. The lowest BCUT2D eigenvalue weighted by Gasteiger charge is -2.08. The Morgan fingerprint density at radius 1 is 1.55 bits per heavy atom. The Morgan fingerprint density at radius 2 is 2.35 bits per heavy atom. The standard InChI is InChI=1S/C13H20N4O2S/c1-9(2)6-15-11(18)8-14-7-10-12(19-3)16-13-17(10)4-5-20-13/h4-5,9,14H,6-8H2,1-3H3,(H,15,18). The first-order chi connectivity index (χ1) is 9.61. The minimum atomic E-state index is 0.00347. The van der Waals surface area contributed by atoms with E-state index in [1.165, 1.54) is 0 Å². The Labute approximate surface area is 122 Å². The molecule has 0 aliphatic heterocycles. The number of nitrogens with one attached hydrogen (secondary N) is 2. The van der Waals surface area contributed by atoms with E-state index in [0.29, 0.717) is 24.9 Å². The Hall–Kier alpha value is -1.60. The van der Waals surface area contributed by atoms with E-state index >= 15 is 0 Å². The maximum Gasteiger partial charge on any atom is 0.237 e. The van der Waals surface area contributed by atoms with Gasteiger partial charge in [0.25, 0.3) is 0 Å². The number of amides is 1. The van der Waals surface area contributed by atoms with Crippen LogP contribution in [0.25, 0.3) is 4.96 Å². The summed E-state index contributed by atoms with van der Waals surface area (Å²) in [4.78, 5) is 16.9. The van der Waals surface area contributed by atoms with Gasteiger partial charge in [-0.3, -0.25) is 9.20 Å². The number of hydrogen-bond donors (Lipinski definition) is 2. The number of nitrogens with zero attached hydrogens (tertiary/aromatic N) is 2. The molecule has 0 saturated heterocycles. The van der Waals surface area contributed by atoms with Crippen LogP contribution in [-0.4, -0.2) is 35.5 Å². The summed E-state index contributed by atoms with van der Waals surface area (Å²) in [5.74, 6) is 1.06. The average molecular weight is 296 g/mol. The lowest BCUT2D eigenvalue weighted by atomic mass is 10.2. The summed E-state index contributed by atoms with van der Waals surface area (Å²) in [5.41, 5.74) is 0.931. The second-order valence-electron chi connectivity index (χ2n) is 4.92. The van der Waals surface area contributed by atoms with Crippen molar-refractivity contribution >= 4 is 22.2 Å². The molecule has 2 N–H and O–H groups in total. The molecule has 0 spiro atoms. The zero-order valence-corrected chi connectivity index (χ0v) is 12.8. The Morgan fingerprint density at radius 3 is 3.05 bits per heavy atom. The van der Waals surface area contributed by atoms with Crippen LogP contribution in [0.15, 0.2) is 11.6 Å². The highest BCUT2D eigenvalue weighted by atomic mass is 32.1. The van der Waals surface area contributed by atoms with Crippen molar-refractivity contribution in [2.45, 2.75) is 20.4 Å². The Kier molecular flexibility index (Phi) is 4.97. The number of carbonyl (C=O) groups excluding carboxylic acids is 1. The molecule has 20 heavy (non-hydrogen) atoms. The van der Waals surface area contributed by atoms with Gasteiger partial charge in [-0.2, -0.15) is 4.98 Å². The highest BCUT2D eigenvalue weighted by Crippen LogP contribution is 2.22. The van der Waals surface area contributed by atoms with Gasteiger partial charge in [-0.05, 0) is 5.92 Å². The summed E-state index contributed by atoms with van der Waals surface area (Å²) < 4.78 is 7.23. The third-order valence-corrected chi connectivity index (χ3v) is 3.56. The number of ether oxygens (including phenoxy) is 1. The molecule has 0 atom stereocenters. The lowest BCUT2D eigenvalue weighted by molar-refractivity contribution is -0.120. The summed E-state index contributed by atoms with van der Waals surface area (Å²) in [6, 6.07) is 0. The molecule has 2 aromatic heterocycles. The van der Waals surface area contributed by atoms with E-state index < -0.39 is 0 Å². The summed E-state index contributed by atoms with van der Waals surface area (Å²) in [5, 5.41) is 7.96. The van der Waals surface area contributed by atoms with E-state index in [0.717, 1.165) is 10.7 Å². The van der Waals surface area contributed by atoms with Crippen LogP contribution in [0.3, 0.4) is 0 Å². The van der Waals surface area contributed by atoms with Gasteiger partial charge in [0, 0.05) is 24.7 Å². The maximum absolute atomic E-state index is 11.6. The fraction of sp³-hybridized carbons (Fsp3) is 0.538. The third kappa shape index (κ3) is 3.49. The molecule has 2 rings (SSSR count). The summed E-state index contributed by atoms with van der Waals surface area (Å²) in [6.45, 7) is 5.66. The molecule has 0 fully saturated rings. The van der Waals surface area contributed by atoms with Gasteiger partial charge in [0.05, 0.1) is 13.7 Å². The van der Waals surface area contributed by atoms with Crippen LogP contribution >= 0.6 is 11.3 Å². The van der Waals surface area contributed by atoms with Gasteiger partial charge in [0.1, 0.15) is 5.69 Å². The number of fused-ring (bicyclic) bond motifs is 1. The lowest BCUT2D eigenvalue weighted by Crippen LogP contribution is -2.35. The van der Waals surface area contributed by atoms with Crippen molar-refractivity contribution in [2.75, 3.05) is 20.2 Å². The first-order valence-corrected chi connectivity index (χ1v) is 7.45. The molecular weight excluding hydrogens is 276 g/mol. The zero-order valence-electron chi connectivity index (χ0n) is 12.0. The molecule has 6 nitrogen and oxygen atoms in total. The zero-order chi connectivity index (χ0) is 14.5. The fourth-order valence-corrected chi connectivity index (χ4v) is 2.54. The molecule has 110 valence electrons. The number of methoxy groups -OCH3 is 1. The number of imidazole rings is 1. The average Bonchev–Trinajstić information content (AvgIpc) is 2.98. The van der Waals surface area contributed by atoms with E-state index in [2.05, 4.69) is 29.5 Å². The van der Waals surface area contributed by atoms with E-state index in [1.54, 1.807) is 18.4 Å². The second-order valence-corrected chi connectivity index (χ2v) is 5.80. The van der Waals surface area contributed by atoms with Crippen LogP contribution in [0, 0.1) is 5.92 Å². The van der Waals surface area contributed by atoms with Crippen LogP contribution < -0.4 is 15.4 Å². The molecule has 0 saturated carbocycles. The number of hydrogen-bond acceptors (Lipinski definition) is 5. The highest BCUT2D eigenvalue weighted by Gasteiger charge is 2.13. The fourth-order valence-electron chi connectivity index (χ4n) is 1.81. The van der Waals surface area contributed by atoms with Gasteiger partial charge in [-0.1, -0.05) is 13.8 Å². The smallest absolute Gasteiger partial charge is 0.237 e. The van der Waals surface area contributed by atoms with E-state index in [1.807, 2.05) is 16.0 Å². The van der Waals surface area contributed by atoms with Crippen molar-refractivity contribution in [3.63, 3.8) is 0 Å².